The Morgan fingerprint density at radius 1 is 0.933 bits per heavy atom. The number of nitrogens with one attached hydrogen (secondary N) is 3. The minimum Gasteiger partial charge on any atom is -0.508 e. The zero-order valence-electron chi connectivity index (χ0n) is 25.5. The van der Waals surface area contributed by atoms with Crippen molar-refractivity contribution in [2.75, 3.05) is 37.6 Å². The van der Waals surface area contributed by atoms with Gasteiger partial charge in [0.15, 0.2) is 0 Å². The van der Waals surface area contributed by atoms with Gasteiger partial charge in [0, 0.05) is 44.8 Å². The van der Waals surface area contributed by atoms with Gasteiger partial charge in [-0.05, 0) is 47.7 Å². The van der Waals surface area contributed by atoms with Crippen molar-refractivity contribution in [1.29, 1.82) is 0 Å². The molecule has 2 atom stereocenters. The lowest BCUT2D eigenvalue weighted by atomic mass is 9.98. The average Bonchev–Trinajstić information content (AvgIpc) is 3.59. The molecule has 5 rings (SSSR count). The molecule has 0 radical (unpaired) electrons. The molecule has 10 nitrogen and oxygen atoms in total. The molecule has 2 aliphatic heterocycles. The number of phenols is 1. The molecule has 236 valence electrons. The van der Waals surface area contributed by atoms with Crippen LogP contribution in [0.1, 0.15) is 29.5 Å². The molecular weight excluding hydrogens is 568 g/mol. The predicted octanol–water partition coefficient (Wildman–Crippen LogP) is 3.38. The van der Waals surface area contributed by atoms with Crippen molar-refractivity contribution >= 4 is 23.5 Å². The molecule has 4 N–H and O–H groups in total. The Hall–Kier alpha value is -4.83. The summed E-state index contributed by atoms with van der Waals surface area (Å²) >= 11 is 0. The van der Waals surface area contributed by atoms with E-state index in [2.05, 4.69) is 33.5 Å². The second kappa shape index (κ2) is 15.3. The number of amides is 4. The maximum atomic E-state index is 14.3. The maximum Gasteiger partial charge on any atom is 0.316 e. The number of anilines is 1. The number of hydrogen-bond donors (Lipinski definition) is 4. The monoisotopic (exact) mass is 610 g/mol. The SMILES string of the molecule is C=CCNCC(=O)N1[C@@H](NC(=O)NCc2ccccc2)CN(Cc2ccccc2N2CCCC2)C(=O)[C@@H]1Cc1ccc(O)cc1. The lowest BCUT2D eigenvalue weighted by molar-refractivity contribution is -0.157. The predicted molar refractivity (Wildman–Crippen MR) is 174 cm³/mol. The van der Waals surface area contributed by atoms with Crippen LogP contribution < -0.4 is 20.9 Å². The number of aromatic hydroxyl groups is 1. The summed E-state index contributed by atoms with van der Waals surface area (Å²) in [6.07, 6.45) is 3.37. The van der Waals surface area contributed by atoms with Gasteiger partial charge in [-0.25, -0.2) is 4.79 Å². The van der Waals surface area contributed by atoms with Crippen LogP contribution in [-0.2, 0) is 29.1 Å². The highest BCUT2D eigenvalue weighted by Gasteiger charge is 2.43. The molecule has 2 aliphatic rings. The first kappa shape index (κ1) is 31.6. The molecule has 0 spiro atoms. The molecule has 3 aromatic carbocycles. The van der Waals surface area contributed by atoms with E-state index < -0.39 is 18.2 Å². The standard InChI is InChI=1S/C35H42N6O4/c1-2-18-36-23-33(43)41-31(21-26-14-16-29(42)17-15-26)34(44)40(24-28-12-6-7-13-30(28)39-19-8-9-20-39)25-32(41)38-35(45)37-22-27-10-4-3-5-11-27/h2-7,10-17,31-32,36,42H,1,8-9,18-25H2,(H2,37,38,45)/t31-,32+/m0/s1. The molecule has 2 heterocycles. The van der Waals surface area contributed by atoms with Gasteiger partial charge in [0.05, 0.1) is 13.1 Å². The van der Waals surface area contributed by atoms with Gasteiger partial charge in [-0.2, -0.15) is 0 Å². The molecule has 4 amide bonds. The van der Waals surface area contributed by atoms with E-state index in [1.165, 1.54) is 4.90 Å². The van der Waals surface area contributed by atoms with Gasteiger partial charge >= 0.3 is 6.03 Å². The van der Waals surface area contributed by atoms with E-state index in [9.17, 15) is 19.5 Å². The third-order valence-electron chi connectivity index (χ3n) is 8.27. The molecule has 0 bridgehead atoms. The minimum absolute atomic E-state index is 0.0208. The second-order valence-electron chi connectivity index (χ2n) is 11.5. The molecule has 0 aromatic heterocycles. The summed E-state index contributed by atoms with van der Waals surface area (Å²) < 4.78 is 0. The van der Waals surface area contributed by atoms with Crippen LogP contribution in [0.3, 0.4) is 0 Å². The van der Waals surface area contributed by atoms with Crippen molar-refractivity contribution in [2.24, 2.45) is 0 Å². The Bertz CT molecular complexity index is 1460. The van der Waals surface area contributed by atoms with Crippen LogP contribution in [-0.4, -0.2) is 77.7 Å². The first-order valence-corrected chi connectivity index (χ1v) is 15.5. The fourth-order valence-corrected chi connectivity index (χ4v) is 6.05. The van der Waals surface area contributed by atoms with Crippen LogP contribution in [0, 0.1) is 0 Å². The van der Waals surface area contributed by atoms with Crippen LogP contribution >= 0.6 is 0 Å². The van der Waals surface area contributed by atoms with Gasteiger partial charge in [-0.15, -0.1) is 6.58 Å². The number of carbonyl (C=O) groups excluding carboxylic acids is 3. The normalized spacial score (nSPS) is 18.1. The second-order valence-corrected chi connectivity index (χ2v) is 11.5. The lowest BCUT2D eigenvalue weighted by Crippen LogP contribution is -2.69. The van der Waals surface area contributed by atoms with E-state index in [1.807, 2.05) is 48.5 Å². The summed E-state index contributed by atoms with van der Waals surface area (Å²) in [5.74, 6) is -0.386. The molecule has 45 heavy (non-hydrogen) atoms. The Morgan fingerprint density at radius 2 is 1.64 bits per heavy atom. The van der Waals surface area contributed by atoms with Crippen molar-refractivity contribution < 1.29 is 19.5 Å². The number of nitrogens with zero attached hydrogens (tertiary/aromatic N) is 3. The van der Waals surface area contributed by atoms with Crippen LogP contribution in [0.2, 0.25) is 0 Å². The van der Waals surface area contributed by atoms with Gasteiger partial charge in [0.2, 0.25) is 11.8 Å². The summed E-state index contributed by atoms with van der Waals surface area (Å²) in [6, 6.07) is 23.0. The van der Waals surface area contributed by atoms with Crippen LogP contribution in [0.15, 0.2) is 91.5 Å². The van der Waals surface area contributed by atoms with Gasteiger partial charge in [-0.1, -0.05) is 66.7 Å². The summed E-state index contributed by atoms with van der Waals surface area (Å²) in [5.41, 5.74) is 3.86. The molecule has 0 unspecified atom stereocenters. The highest BCUT2D eigenvalue weighted by atomic mass is 16.3. The van der Waals surface area contributed by atoms with Crippen molar-refractivity contribution in [1.82, 2.24) is 25.8 Å². The van der Waals surface area contributed by atoms with Crippen molar-refractivity contribution in [3.05, 3.63) is 108 Å². The lowest BCUT2D eigenvalue weighted by Gasteiger charge is -2.46. The van der Waals surface area contributed by atoms with E-state index in [4.69, 9.17) is 0 Å². The summed E-state index contributed by atoms with van der Waals surface area (Å²) in [7, 11) is 0. The Balaban J connectivity index is 1.44. The average molecular weight is 611 g/mol. The smallest absolute Gasteiger partial charge is 0.316 e. The number of benzene rings is 3. The first-order valence-electron chi connectivity index (χ1n) is 15.5. The number of urea groups is 1. The molecule has 3 aromatic rings. The molecular formula is C35H42N6O4. The number of para-hydroxylation sites is 1. The van der Waals surface area contributed by atoms with Gasteiger partial charge in [0.1, 0.15) is 18.0 Å². The van der Waals surface area contributed by atoms with Crippen molar-refractivity contribution in [2.45, 2.75) is 44.6 Å². The number of phenolic OH excluding ortho intramolecular Hbond substituents is 1. The zero-order chi connectivity index (χ0) is 31.6. The van der Waals surface area contributed by atoms with E-state index >= 15 is 0 Å². The van der Waals surface area contributed by atoms with Crippen molar-refractivity contribution in [3.63, 3.8) is 0 Å². The number of hydrogen-bond acceptors (Lipinski definition) is 6. The molecule has 10 heteroatoms. The third kappa shape index (κ3) is 8.21. The summed E-state index contributed by atoms with van der Waals surface area (Å²) in [5, 5.41) is 18.8. The minimum atomic E-state index is -0.875. The van der Waals surface area contributed by atoms with E-state index in [0.717, 1.165) is 48.3 Å². The van der Waals surface area contributed by atoms with Crippen LogP contribution in [0.5, 0.6) is 5.75 Å². The van der Waals surface area contributed by atoms with Crippen LogP contribution in [0.25, 0.3) is 0 Å². The molecule has 0 saturated carbocycles. The van der Waals surface area contributed by atoms with E-state index in [1.54, 1.807) is 35.2 Å². The third-order valence-corrected chi connectivity index (χ3v) is 8.27. The molecule has 2 fully saturated rings. The summed E-state index contributed by atoms with van der Waals surface area (Å²) in [4.78, 5) is 47.0. The number of rotatable bonds is 12. The topological polar surface area (TPSA) is 117 Å². The Morgan fingerprint density at radius 3 is 2.38 bits per heavy atom. The fraction of sp³-hybridized carbons (Fsp3) is 0.343. The highest BCUT2D eigenvalue weighted by molar-refractivity contribution is 5.91. The van der Waals surface area contributed by atoms with E-state index in [-0.39, 0.29) is 37.1 Å². The first-order chi connectivity index (χ1) is 21.9. The molecule has 0 aliphatic carbocycles. The quantitative estimate of drug-likeness (QED) is 0.185. The summed E-state index contributed by atoms with van der Waals surface area (Å²) in [6.45, 7) is 6.85. The van der Waals surface area contributed by atoms with E-state index in [0.29, 0.717) is 19.6 Å². The van der Waals surface area contributed by atoms with Crippen molar-refractivity contribution in [3.8, 4) is 5.75 Å². The Kier molecular flexibility index (Phi) is 10.7. The van der Waals surface area contributed by atoms with Gasteiger partial charge in [-0.3, -0.25) is 9.59 Å². The van der Waals surface area contributed by atoms with Gasteiger partial charge in [0.25, 0.3) is 0 Å². The highest BCUT2D eigenvalue weighted by Crippen LogP contribution is 2.28. The molecule has 2 saturated heterocycles. The Labute approximate surface area is 264 Å². The van der Waals surface area contributed by atoms with Gasteiger partial charge < -0.3 is 35.8 Å². The maximum absolute atomic E-state index is 14.3. The van der Waals surface area contributed by atoms with Crippen LogP contribution in [0.4, 0.5) is 10.5 Å². The number of carbonyl (C=O) groups is 3. The fourth-order valence-electron chi connectivity index (χ4n) is 6.05. The zero-order valence-corrected chi connectivity index (χ0v) is 25.5. The largest absolute Gasteiger partial charge is 0.508 e. The number of piperazine rings is 1.